The molecule has 34 heavy (non-hydrogen) atoms. The van der Waals surface area contributed by atoms with E-state index in [1.807, 2.05) is 18.1 Å². The van der Waals surface area contributed by atoms with Crippen LogP contribution in [-0.4, -0.2) is 53.2 Å². The van der Waals surface area contributed by atoms with Gasteiger partial charge in [0.15, 0.2) is 0 Å². The summed E-state index contributed by atoms with van der Waals surface area (Å²) in [6.45, 7) is 5.32. The summed E-state index contributed by atoms with van der Waals surface area (Å²) in [5, 5.41) is 20.9. The van der Waals surface area contributed by atoms with Gasteiger partial charge in [0.2, 0.25) is 5.91 Å². The highest BCUT2D eigenvalue weighted by molar-refractivity contribution is 5.88. The number of amides is 1. The SMILES string of the molecule is CC(C)CN(Cc1cnn(C)c1)C(=O)CCCCc1cn(-c2cc(F)c(C(=O)O)c(F)c2)nn1. The molecular weight excluding hydrogens is 446 g/mol. The fourth-order valence-corrected chi connectivity index (χ4v) is 3.65. The first-order chi connectivity index (χ1) is 16.1. The maximum absolute atomic E-state index is 13.9. The van der Waals surface area contributed by atoms with Crippen molar-refractivity contribution in [2.75, 3.05) is 6.54 Å². The van der Waals surface area contributed by atoms with Crippen molar-refractivity contribution in [3.8, 4) is 5.69 Å². The first-order valence-electron chi connectivity index (χ1n) is 11.0. The summed E-state index contributed by atoms with van der Waals surface area (Å²) < 4.78 is 30.8. The third-order valence-corrected chi connectivity index (χ3v) is 5.19. The van der Waals surface area contributed by atoms with E-state index in [1.165, 1.54) is 10.9 Å². The van der Waals surface area contributed by atoms with Crippen molar-refractivity contribution in [2.24, 2.45) is 13.0 Å². The molecule has 0 bridgehead atoms. The Morgan fingerprint density at radius 2 is 1.85 bits per heavy atom. The van der Waals surface area contributed by atoms with Gasteiger partial charge in [0.05, 0.1) is 23.8 Å². The molecule has 0 atom stereocenters. The lowest BCUT2D eigenvalue weighted by atomic mass is 10.1. The minimum Gasteiger partial charge on any atom is -0.477 e. The van der Waals surface area contributed by atoms with Crippen molar-refractivity contribution in [3.63, 3.8) is 0 Å². The number of hydrogen-bond acceptors (Lipinski definition) is 5. The number of carboxylic acids is 1. The molecule has 0 spiro atoms. The van der Waals surface area contributed by atoms with E-state index in [0.717, 1.165) is 17.7 Å². The van der Waals surface area contributed by atoms with Crippen LogP contribution in [-0.2, 0) is 24.8 Å². The quantitative estimate of drug-likeness (QED) is 0.427. The number of nitrogens with zero attached hydrogens (tertiary/aromatic N) is 6. The summed E-state index contributed by atoms with van der Waals surface area (Å²) in [5.74, 6) is -3.63. The van der Waals surface area contributed by atoms with Crippen LogP contribution in [0.25, 0.3) is 5.69 Å². The topological polar surface area (TPSA) is 106 Å². The molecule has 0 aliphatic carbocycles. The number of carbonyl (C=O) groups excluding carboxylic acids is 1. The van der Waals surface area contributed by atoms with Crippen LogP contribution in [0.5, 0.6) is 0 Å². The Bertz CT molecular complexity index is 1130. The van der Waals surface area contributed by atoms with Crippen LogP contribution in [0, 0.1) is 17.6 Å². The van der Waals surface area contributed by atoms with Crippen LogP contribution >= 0.6 is 0 Å². The van der Waals surface area contributed by atoms with E-state index in [0.29, 0.717) is 50.4 Å². The maximum Gasteiger partial charge on any atom is 0.341 e. The minimum absolute atomic E-state index is 0.0358. The molecule has 1 aromatic carbocycles. The van der Waals surface area contributed by atoms with Gasteiger partial charge in [0.25, 0.3) is 0 Å². The largest absolute Gasteiger partial charge is 0.477 e. The second-order valence-electron chi connectivity index (χ2n) is 8.64. The molecule has 1 amide bonds. The zero-order valence-electron chi connectivity index (χ0n) is 19.4. The molecular formula is C23H28F2N6O3. The predicted octanol–water partition coefficient (Wildman–Crippen LogP) is 3.37. The molecule has 182 valence electrons. The summed E-state index contributed by atoms with van der Waals surface area (Å²) in [6, 6.07) is 1.80. The predicted molar refractivity (Wildman–Crippen MR) is 119 cm³/mol. The summed E-state index contributed by atoms with van der Waals surface area (Å²) in [7, 11) is 1.84. The summed E-state index contributed by atoms with van der Waals surface area (Å²) in [5.41, 5.74) is 0.611. The molecule has 2 aromatic heterocycles. The lowest BCUT2D eigenvalue weighted by Crippen LogP contribution is -2.33. The highest BCUT2D eigenvalue weighted by Gasteiger charge is 2.19. The summed E-state index contributed by atoms with van der Waals surface area (Å²) in [4.78, 5) is 25.6. The van der Waals surface area contributed by atoms with Crippen LogP contribution in [0.15, 0.2) is 30.7 Å². The van der Waals surface area contributed by atoms with Crippen molar-refractivity contribution >= 4 is 11.9 Å². The zero-order chi connectivity index (χ0) is 24.8. The Balaban J connectivity index is 1.53. The number of carbonyl (C=O) groups is 2. The van der Waals surface area contributed by atoms with E-state index in [-0.39, 0.29) is 11.6 Å². The van der Waals surface area contributed by atoms with Gasteiger partial charge in [0, 0.05) is 50.5 Å². The monoisotopic (exact) mass is 474 g/mol. The van der Waals surface area contributed by atoms with Crippen molar-refractivity contribution in [1.82, 2.24) is 29.7 Å². The van der Waals surface area contributed by atoms with Gasteiger partial charge in [-0.2, -0.15) is 5.10 Å². The number of halogens is 2. The molecule has 11 heteroatoms. The molecule has 0 fully saturated rings. The second-order valence-corrected chi connectivity index (χ2v) is 8.64. The fraction of sp³-hybridized carbons (Fsp3) is 0.435. The molecule has 1 N–H and O–H groups in total. The molecule has 9 nitrogen and oxygen atoms in total. The highest BCUT2D eigenvalue weighted by Crippen LogP contribution is 2.19. The van der Waals surface area contributed by atoms with Gasteiger partial charge in [0.1, 0.15) is 17.2 Å². The average molecular weight is 475 g/mol. The second kappa shape index (κ2) is 11.0. The van der Waals surface area contributed by atoms with E-state index in [2.05, 4.69) is 29.3 Å². The van der Waals surface area contributed by atoms with Crippen molar-refractivity contribution in [3.05, 3.63) is 59.2 Å². The zero-order valence-corrected chi connectivity index (χ0v) is 19.4. The number of hydrogen-bond donors (Lipinski definition) is 1. The number of aromatic carboxylic acids is 1. The van der Waals surface area contributed by atoms with Crippen LogP contribution < -0.4 is 0 Å². The van der Waals surface area contributed by atoms with Gasteiger partial charge in [-0.3, -0.25) is 9.48 Å². The van der Waals surface area contributed by atoms with Crippen molar-refractivity contribution in [1.29, 1.82) is 0 Å². The Morgan fingerprint density at radius 3 is 2.44 bits per heavy atom. The fourth-order valence-electron chi connectivity index (χ4n) is 3.65. The first-order valence-corrected chi connectivity index (χ1v) is 11.0. The number of aryl methyl sites for hydroxylation is 2. The van der Waals surface area contributed by atoms with Gasteiger partial charge < -0.3 is 10.0 Å². The number of unbranched alkanes of at least 4 members (excludes halogenated alkanes) is 1. The Kier molecular flexibility index (Phi) is 8.08. The third-order valence-electron chi connectivity index (χ3n) is 5.19. The Morgan fingerprint density at radius 1 is 1.15 bits per heavy atom. The normalized spacial score (nSPS) is 11.2. The van der Waals surface area contributed by atoms with Gasteiger partial charge in [-0.25, -0.2) is 18.3 Å². The molecule has 0 aliphatic rings. The average Bonchev–Trinajstić information content (AvgIpc) is 3.38. The number of benzene rings is 1. The standard InChI is InChI=1S/C23H28F2N6O3/c1-15(2)11-30(13-16-10-26-29(3)12-16)21(32)7-5-4-6-17-14-31(28-27-17)18-8-19(24)22(23(33)34)20(25)9-18/h8-10,12,14-15H,4-7,11,13H2,1-3H3,(H,33,34). The Labute approximate surface area is 196 Å². The first kappa shape index (κ1) is 25.0. The van der Waals surface area contributed by atoms with E-state index in [1.54, 1.807) is 10.9 Å². The van der Waals surface area contributed by atoms with Crippen LogP contribution in [0.3, 0.4) is 0 Å². The van der Waals surface area contributed by atoms with Crippen LogP contribution in [0.1, 0.15) is 54.7 Å². The molecule has 2 heterocycles. The van der Waals surface area contributed by atoms with Crippen LogP contribution in [0.2, 0.25) is 0 Å². The van der Waals surface area contributed by atoms with E-state index in [4.69, 9.17) is 5.11 Å². The molecule has 0 radical (unpaired) electrons. The molecule has 0 saturated heterocycles. The molecule has 0 saturated carbocycles. The van der Waals surface area contributed by atoms with Gasteiger partial charge in [-0.15, -0.1) is 5.10 Å². The molecule has 3 aromatic rings. The minimum atomic E-state index is -1.68. The van der Waals surface area contributed by atoms with Crippen molar-refractivity contribution in [2.45, 2.75) is 46.1 Å². The van der Waals surface area contributed by atoms with Gasteiger partial charge >= 0.3 is 5.97 Å². The van der Waals surface area contributed by atoms with E-state index >= 15 is 0 Å². The smallest absolute Gasteiger partial charge is 0.341 e. The Hall–Kier alpha value is -3.63. The lowest BCUT2D eigenvalue weighted by molar-refractivity contribution is -0.132. The molecule has 0 aliphatic heterocycles. The van der Waals surface area contributed by atoms with Crippen LogP contribution in [0.4, 0.5) is 8.78 Å². The molecule has 3 rings (SSSR count). The van der Waals surface area contributed by atoms with E-state index in [9.17, 15) is 18.4 Å². The lowest BCUT2D eigenvalue weighted by Gasteiger charge is -2.24. The third kappa shape index (κ3) is 6.46. The van der Waals surface area contributed by atoms with Crippen molar-refractivity contribution < 1.29 is 23.5 Å². The van der Waals surface area contributed by atoms with Gasteiger partial charge in [-0.05, 0) is 25.2 Å². The summed E-state index contributed by atoms with van der Waals surface area (Å²) in [6.07, 6.45) is 7.47. The number of rotatable bonds is 11. The number of aromatic nitrogens is 5. The number of carboxylic acid groups (broad SMARTS) is 1. The maximum atomic E-state index is 13.9. The molecule has 0 unspecified atom stereocenters. The highest BCUT2D eigenvalue weighted by atomic mass is 19.1. The summed E-state index contributed by atoms with van der Waals surface area (Å²) >= 11 is 0. The van der Waals surface area contributed by atoms with E-state index < -0.39 is 23.2 Å². The van der Waals surface area contributed by atoms with Gasteiger partial charge in [-0.1, -0.05) is 19.1 Å².